The van der Waals surface area contributed by atoms with Gasteiger partial charge in [0.2, 0.25) is 0 Å². The van der Waals surface area contributed by atoms with Gasteiger partial charge in [-0.05, 0) is 25.0 Å². The van der Waals surface area contributed by atoms with E-state index in [9.17, 15) is 4.79 Å². The molecule has 1 aliphatic rings. The Labute approximate surface area is 74.0 Å². The Morgan fingerprint density at radius 3 is 2.67 bits per heavy atom. The minimum Gasteiger partial charge on any atom is -0.316 e. The van der Waals surface area contributed by atoms with E-state index in [2.05, 4.69) is 25.7 Å². The molecule has 1 heterocycles. The lowest BCUT2D eigenvalue weighted by molar-refractivity contribution is -0.125. The van der Waals surface area contributed by atoms with Crippen LogP contribution in [-0.2, 0) is 4.79 Å². The molecule has 0 aromatic heterocycles. The molecule has 2 heteroatoms. The first-order chi connectivity index (χ1) is 5.63. The van der Waals surface area contributed by atoms with E-state index in [0.29, 0.717) is 5.92 Å². The zero-order valence-corrected chi connectivity index (χ0v) is 7.89. The van der Waals surface area contributed by atoms with Crippen LogP contribution in [0.5, 0.6) is 0 Å². The summed E-state index contributed by atoms with van der Waals surface area (Å²) < 4.78 is 0. The Morgan fingerprint density at radius 2 is 2.33 bits per heavy atom. The molecule has 0 radical (unpaired) electrons. The monoisotopic (exact) mass is 167 g/mol. The van der Waals surface area contributed by atoms with Crippen LogP contribution in [0.15, 0.2) is 12.7 Å². The van der Waals surface area contributed by atoms with Crippen LogP contribution in [0, 0.1) is 11.3 Å². The predicted octanol–water partition coefficient (Wildman–Crippen LogP) is 1.38. The summed E-state index contributed by atoms with van der Waals surface area (Å²) in [5, 5.41) is 3.24. The molecule has 0 aromatic rings. The van der Waals surface area contributed by atoms with Gasteiger partial charge in [0.1, 0.15) is 0 Å². The molecule has 2 nitrogen and oxygen atoms in total. The lowest BCUT2D eigenvalue weighted by Gasteiger charge is -2.29. The second-order valence-electron chi connectivity index (χ2n) is 3.81. The van der Waals surface area contributed by atoms with E-state index in [1.54, 1.807) is 0 Å². The van der Waals surface area contributed by atoms with E-state index in [4.69, 9.17) is 0 Å². The quantitative estimate of drug-likeness (QED) is 0.643. The van der Waals surface area contributed by atoms with Crippen LogP contribution in [0.2, 0.25) is 0 Å². The summed E-state index contributed by atoms with van der Waals surface area (Å²) in [5.41, 5.74) is -0.165. The number of nitrogens with one attached hydrogen (secondary N) is 1. The number of rotatable bonds is 3. The standard InChI is InChI=1S/C10H17NO/c1-4-9(12)10(8(2)3)5-6-11-7-10/h4,8,11H,1,5-7H2,2-3H3. The van der Waals surface area contributed by atoms with Gasteiger partial charge in [0.15, 0.2) is 5.78 Å². The maximum Gasteiger partial charge on any atom is 0.162 e. The van der Waals surface area contributed by atoms with E-state index in [-0.39, 0.29) is 11.2 Å². The zero-order valence-electron chi connectivity index (χ0n) is 7.89. The van der Waals surface area contributed by atoms with Crippen LogP contribution < -0.4 is 5.32 Å². The molecule has 0 aliphatic carbocycles. The maximum atomic E-state index is 11.6. The first-order valence-electron chi connectivity index (χ1n) is 4.51. The lowest BCUT2D eigenvalue weighted by atomic mass is 9.73. The van der Waals surface area contributed by atoms with E-state index >= 15 is 0 Å². The molecule has 1 N–H and O–H groups in total. The van der Waals surface area contributed by atoms with Crippen LogP contribution in [0.1, 0.15) is 20.3 Å². The van der Waals surface area contributed by atoms with Gasteiger partial charge in [-0.15, -0.1) is 0 Å². The highest BCUT2D eigenvalue weighted by molar-refractivity contribution is 5.95. The summed E-state index contributed by atoms with van der Waals surface area (Å²) in [7, 11) is 0. The summed E-state index contributed by atoms with van der Waals surface area (Å²) in [6, 6.07) is 0. The molecule has 68 valence electrons. The summed E-state index contributed by atoms with van der Waals surface area (Å²) in [6.07, 6.45) is 2.42. The summed E-state index contributed by atoms with van der Waals surface area (Å²) in [6.45, 7) is 9.54. The molecule has 0 spiro atoms. The third-order valence-corrected chi connectivity index (χ3v) is 2.97. The second-order valence-corrected chi connectivity index (χ2v) is 3.81. The Balaban J connectivity index is 2.85. The van der Waals surface area contributed by atoms with Crippen LogP contribution in [0.3, 0.4) is 0 Å². The molecule has 0 saturated carbocycles. The third-order valence-electron chi connectivity index (χ3n) is 2.97. The van der Waals surface area contributed by atoms with Gasteiger partial charge in [-0.1, -0.05) is 20.4 Å². The molecule has 0 aromatic carbocycles. The van der Waals surface area contributed by atoms with Crippen molar-refractivity contribution in [3.8, 4) is 0 Å². The number of hydrogen-bond donors (Lipinski definition) is 1. The molecule has 0 amide bonds. The smallest absolute Gasteiger partial charge is 0.162 e. The van der Waals surface area contributed by atoms with Gasteiger partial charge in [-0.2, -0.15) is 0 Å². The Hall–Kier alpha value is -0.630. The fraction of sp³-hybridized carbons (Fsp3) is 0.700. The molecular weight excluding hydrogens is 150 g/mol. The summed E-state index contributed by atoms with van der Waals surface area (Å²) in [5.74, 6) is 0.598. The highest BCUT2D eigenvalue weighted by Crippen LogP contribution is 2.35. The molecule has 0 bridgehead atoms. The molecular formula is C10H17NO. The van der Waals surface area contributed by atoms with Crippen molar-refractivity contribution in [2.24, 2.45) is 11.3 Å². The van der Waals surface area contributed by atoms with Crippen molar-refractivity contribution in [3.63, 3.8) is 0 Å². The first kappa shape index (κ1) is 9.46. The number of allylic oxidation sites excluding steroid dienone is 1. The number of carbonyl (C=O) groups is 1. The topological polar surface area (TPSA) is 29.1 Å². The van der Waals surface area contributed by atoms with Gasteiger partial charge in [0.05, 0.1) is 0 Å². The predicted molar refractivity (Wildman–Crippen MR) is 50.0 cm³/mol. The SMILES string of the molecule is C=CC(=O)C1(C(C)C)CCNC1. The summed E-state index contributed by atoms with van der Waals surface area (Å²) >= 11 is 0. The van der Waals surface area contributed by atoms with E-state index in [1.165, 1.54) is 6.08 Å². The highest BCUT2D eigenvalue weighted by atomic mass is 16.1. The van der Waals surface area contributed by atoms with Crippen LogP contribution in [0.4, 0.5) is 0 Å². The largest absolute Gasteiger partial charge is 0.316 e. The Kier molecular flexibility index (Phi) is 2.68. The van der Waals surface area contributed by atoms with Crippen molar-refractivity contribution in [2.75, 3.05) is 13.1 Å². The third kappa shape index (κ3) is 1.31. The summed E-state index contributed by atoms with van der Waals surface area (Å²) in [4.78, 5) is 11.6. The average molecular weight is 167 g/mol. The maximum absolute atomic E-state index is 11.6. The van der Waals surface area contributed by atoms with Gasteiger partial charge >= 0.3 is 0 Å². The van der Waals surface area contributed by atoms with E-state index in [1.807, 2.05) is 0 Å². The minimum absolute atomic E-state index is 0.165. The molecule has 1 atom stereocenters. The van der Waals surface area contributed by atoms with Crippen molar-refractivity contribution in [2.45, 2.75) is 20.3 Å². The fourth-order valence-electron chi connectivity index (χ4n) is 1.90. The van der Waals surface area contributed by atoms with Gasteiger partial charge in [-0.3, -0.25) is 4.79 Å². The van der Waals surface area contributed by atoms with Gasteiger partial charge < -0.3 is 5.32 Å². The molecule has 1 aliphatic heterocycles. The fourth-order valence-corrected chi connectivity index (χ4v) is 1.90. The average Bonchev–Trinajstić information content (AvgIpc) is 2.52. The van der Waals surface area contributed by atoms with E-state index in [0.717, 1.165) is 19.5 Å². The lowest BCUT2D eigenvalue weighted by Crippen LogP contribution is -2.37. The first-order valence-corrected chi connectivity index (χ1v) is 4.51. The van der Waals surface area contributed by atoms with Crippen LogP contribution >= 0.6 is 0 Å². The Morgan fingerprint density at radius 1 is 1.67 bits per heavy atom. The number of ketones is 1. The zero-order chi connectivity index (χ0) is 9.19. The number of carbonyl (C=O) groups excluding carboxylic acids is 1. The van der Waals surface area contributed by atoms with Crippen molar-refractivity contribution >= 4 is 5.78 Å². The molecule has 1 fully saturated rings. The second kappa shape index (κ2) is 3.40. The number of hydrogen-bond acceptors (Lipinski definition) is 2. The normalized spacial score (nSPS) is 29.2. The van der Waals surface area contributed by atoms with Crippen molar-refractivity contribution in [1.82, 2.24) is 5.32 Å². The van der Waals surface area contributed by atoms with Crippen LogP contribution in [0.25, 0.3) is 0 Å². The molecule has 1 saturated heterocycles. The van der Waals surface area contributed by atoms with Gasteiger partial charge in [0.25, 0.3) is 0 Å². The van der Waals surface area contributed by atoms with Crippen LogP contribution in [-0.4, -0.2) is 18.9 Å². The van der Waals surface area contributed by atoms with Crippen molar-refractivity contribution in [3.05, 3.63) is 12.7 Å². The molecule has 12 heavy (non-hydrogen) atoms. The highest BCUT2D eigenvalue weighted by Gasteiger charge is 2.41. The van der Waals surface area contributed by atoms with Gasteiger partial charge in [-0.25, -0.2) is 0 Å². The molecule has 1 rings (SSSR count). The van der Waals surface area contributed by atoms with E-state index < -0.39 is 0 Å². The van der Waals surface area contributed by atoms with Crippen molar-refractivity contribution in [1.29, 1.82) is 0 Å². The van der Waals surface area contributed by atoms with Gasteiger partial charge in [0, 0.05) is 12.0 Å². The molecule has 1 unspecified atom stereocenters. The minimum atomic E-state index is -0.165. The Bertz CT molecular complexity index is 190. The van der Waals surface area contributed by atoms with Crippen molar-refractivity contribution < 1.29 is 4.79 Å².